The van der Waals surface area contributed by atoms with E-state index in [0.29, 0.717) is 12.4 Å². The van der Waals surface area contributed by atoms with Crippen LogP contribution in [0, 0.1) is 5.92 Å². The molecule has 2 rings (SSSR count). The van der Waals surface area contributed by atoms with Crippen molar-refractivity contribution < 1.29 is 9.59 Å². The van der Waals surface area contributed by atoms with Gasteiger partial charge in [-0.15, -0.1) is 10.2 Å². The number of aryl methyl sites for hydroxylation is 1. The number of hydrogen-bond acceptors (Lipinski definition) is 4. The smallest absolute Gasteiger partial charge is 0.225 e. The summed E-state index contributed by atoms with van der Waals surface area (Å²) in [4.78, 5) is 22.9. The largest absolute Gasteiger partial charge is 0.355 e. The van der Waals surface area contributed by atoms with E-state index in [1.807, 2.05) is 14.0 Å². The van der Waals surface area contributed by atoms with Crippen molar-refractivity contribution in [2.75, 3.05) is 6.54 Å². The third-order valence-corrected chi connectivity index (χ3v) is 2.84. The van der Waals surface area contributed by atoms with Crippen LogP contribution in [0.25, 0.3) is 0 Å². The molecule has 17 heavy (non-hydrogen) atoms. The van der Waals surface area contributed by atoms with E-state index in [9.17, 15) is 9.59 Å². The maximum absolute atomic E-state index is 11.8. The SMILES string of the molecule is CC(NC(=O)C1CNC(=O)C1)c1nncn1C. The second-order valence-electron chi connectivity index (χ2n) is 4.24. The minimum atomic E-state index is -0.279. The molecule has 2 unspecified atom stereocenters. The lowest BCUT2D eigenvalue weighted by Crippen LogP contribution is -2.34. The Morgan fingerprint density at radius 2 is 2.47 bits per heavy atom. The molecule has 0 spiro atoms. The third kappa shape index (κ3) is 2.43. The van der Waals surface area contributed by atoms with Gasteiger partial charge >= 0.3 is 0 Å². The van der Waals surface area contributed by atoms with Gasteiger partial charge in [-0.1, -0.05) is 0 Å². The van der Waals surface area contributed by atoms with Crippen molar-refractivity contribution in [1.82, 2.24) is 25.4 Å². The molecule has 7 heteroatoms. The van der Waals surface area contributed by atoms with Gasteiger partial charge in [0.05, 0.1) is 12.0 Å². The van der Waals surface area contributed by atoms with Crippen LogP contribution in [0.4, 0.5) is 0 Å². The van der Waals surface area contributed by atoms with Crippen LogP contribution in [0.5, 0.6) is 0 Å². The minimum Gasteiger partial charge on any atom is -0.355 e. The lowest BCUT2D eigenvalue weighted by Gasteiger charge is -2.15. The van der Waals surface area contributed by atoms with Crippen LogP contribution >= 0.6 is 0 Å². The molecule has 1 aromatic rings. The minimum absolute atomic E-state index is 0.0727. The quantitative estimate of drug-likeness (QED) is 0.715. The summed E-state index contributed by atoms with van der Waals surface area (Å²) in [5.74, 6) is 0.212. The maximum Gasteiger partial charge on any atom is 0.225 e. The van der Waals surface area contributed by atoms with Crippen LogP contribution in [-0.2, 0) is 16.6 Å². The molecule has 1 saturated heterocycles. The fourth-order valence-electron chi connectivity index (χ4n) is 1.87. The average Bonchev–Trinajstić information content (AvgIpc) is 2.86. The Morgan fingerprint density at radius 1 is 1.71 bits per heavy atom. The van der Waals surface area contributed by atoms with Gasteiger partial charge in [-0.05, 0) is 6.92 Å². The lowest BCUT2D eigenvalue weighted by atomic mass is 10.1. The number of aromatic nitrogens is 3. The van der Waals surface area contributed by atoms with E-state index in [1.54, 1.807) is 10.9 Å². The van der Waals surface area contributed by atoms with Crippen molar-refractivity contribution in [3.63, 3.8) is 0 Å². The molecule has 0 saturated carbocycles. The van der Waals surface area contributed by atoms with Gasteiger partial charge in [0.15, 0.2) is 5.82 Å². The van der Waals surface area contributed by atoms with Gasteiger partial charge in [-0.3, -0.25) is 9.59 Å². The highest BCUT2D eigenvalue weighted by Gasteiger charge is 2.29. The van der Waals surface area contributed by atoms with Gasteiger partial charge in [-0.25, -0.2) is 0 Å². The molecule has 2 heterocycles. The second-order valence-corrected chi connectivity index (χ2v) is 4.24. The first-order valence-electron chi connectivity index (χ1n) is 5.49. The van der Waals surface area contributed by atoms with Crippen LogP contribution in [0.3, 0.4) is 0 Å². The molecule has 0 aromatic carbocycles. The number of rotatable bonds is 3. The summed E-state index contributed by atoms with van der Waals surface area (Å²) in [6.07, 6.45) is 1.84. The Balaban J connectivity index is 1.95. The maximum atomic E-state index is 11.8. The summed E-state index contributed by atoms with van der Waals surface area (Å²) in [5, 5.41) is 13.1. The number of nitrogens with one attached hydrogen (secondary N) is 2. The normalized spacial score (nSPS) is 21.1. The second kappa shape index (κ2) is 4.52. The monoisotopic (exact) mass is 237 g/mol. The fraction of sp³-hybridized carbons (Fsp3) is 0.600. The Hall–Kier alpha value is -1.92. The average molecular weight is 237 g/mol. The molecule has 0 aliphatic carbocycles. The first-order chi connectivity index (χ1) is 8.08. The number of amides is 2. The molecule has 2 amide bonds. The molecule has 92 valence electrons. The van der Waals surface area contributed by atoms with Crippen molar-refractivity contribution in [1.29, 1.82) is 0 Å². The van der Waals surface area contributed by atoms with E-state index < -0.39 is 0 Å². The molecule has 1 aliphatic heterocycles. The van der Waals surface area contributed by atoms with Crippen molar-refractivity contribution >= 4 is 11.8 Å². The first-order valence-corrected chi connectivity index (χ1v) is 5.49. The van der Waals surface area contributed by atoms with Crippen LogP contribution in [0.15, 0.2) is 6.33 Å². The van der Waals surface area contributed by atoms with Crippen molar-refractivity contribution in [3.05, 3.63) is 12.2 Å². The van der Waals surface area contributed by atoms with Gasteiger partial charge in [0.1, 0.15) is 6.33 Å². The highest BCUT2D eigenvalue weighted by molar-refractivity contribution is 5.89. The summed E-state index contributed by atoms with van der Waals surface area (Å²) in [5.41, 5.74) is 0. The van der Waals surface area contributed by atoms with E-state index in [1.165, 1.54) is 0 Å². The van der Waals surface area contributed by atoms with Gasteiger partial charge in [0.25, 0.3) is 0 Å². The summed E-state index contributed by atoms with van der Waals surface area (Å²) in [6.45, 7) is 2.25. The molecular formula is C10H15N5O2. The van der Waals surface area contributed by atoms with E-state index in [0.717, 1.165) is 0 Å². The van der Waals surface area contributed by atoms with E-state index >= 15 is 0 Å². The number of hydrogen-bond donors (Lipinski definition) is 2. The van der Waals surface area contributed by atoms with Crippen molar-refractivity contribution in [2.24, 2.45) is 13.0 Å². The highest BCUT2D eigenvalue weighted by atomic mass is 16.2. The van der Waals surface area contributed by atoms with Crippen molar-refractivity contribution in [2.45, 2.75) is 19.4 Å². The molecule has 2 atom stereocenters. The lowest BCUT2D eigenvalue weighted by molar-refractivity contribution is -0.127. The van der Waals surface area contributed by atoms with E-state index in [4.69, 9.17) is 0 Å². The van der Waals surface area contributed by atoms with Gasteiger partial charge in [0, 0.05) is 20.0 Å². The zero-order valence-electron chi connectivity index (χ0n) is 9.80. The Morgan fingerprint density at radius 3 is 3.00 bits per heavy atom. The molecular weight excluding hydrogens is 222 g/mol. The summed E-state index contributed by atoms with van der Waals surface area (Å²) >= 11 is 0. The predicted molar refractivity (Wildman–Crippen MR) is 58.7 cm³/mol. The molecule has 7 nitrogen and oxygen atoms in total. The Bertz CT molecular complexity index is 442. The van der Waals surface area contributed by atoms with E-state index in [-0.39, 0.29) is 30.2 Å². The zero-order valence-corrected chi connectivity index (χ0v) is 9.80. The first kappa shape index (κ1) is 11.6. The fourth-order valence-corrected chi connectivity index (χ4v) is 1.87. The number of nitrogens with zero attached hydrogens (tertiary/aromatic N) is 3. The molecule has 1 fully saturated rings. The van der Waals surface area contributed by atoms with Gasteiger partial charge < -0.3 is 15.2 Å². The van der Waals surface area contributed by atoms with Gasteiger partial charge in [-0.2, -0.15) is 0 Å². The molecule has 0 bridgehead atoms. The molecule has 0 radical (unpaired) electrons. The summed E-state index contributed by atoms with van der Waals surface area (Å²) in [6, 6.07) is -0.217. The number of carbonyl (C=O) groups is 2. The van der Waals surface area contributed by atoms with Crippen LogP contribution in [-0.4, -0.2) is 33.1 Å². The Kier molecular flexibility index (Phi) is 3.08. The van der Waals surface area contributed by atoms with Gasteiger partial charge in [0.2, 0.25) is 11.8 Å². The van der Waals surface area contributed by atoms with Crippen LogP contribution < -0.4 is 10.6 Å². The summed E-state index contributed by atoms with van der Waals surface area (Å²) in [7, 11) is 1.82. The standard InChI is InChI=1S/C10H15N5O2/c1-6(9-14-12-5-15(9)2)13-10(17)7-3-8(16)11-4-7/h5-7H,3-4H2,1-2H3,(H,11,16)(H,13,17). The van der Waals surface area contributed by atoms with Crippen LogP contribution in [0.1, 0.15) is 25.2 Å². The zero-order chi connectivity index (χ0) is 12.4. The highest BCUT2D eigenvalue weighted by Crippen LogP contribution is 2.12. The third-order valence-electron chi connectivity index (χ3n) is 2.84. The molecule has 1 aliphatic rings. The van der Waals surface area contributed by atoms with E-state index in [2.05, 4.69) is 20.8 Å². The molecule has 1 aromatic heterocycles. The number of carbonyl (C=O) groups excluding carboxylic acids is 2. The van der Waals surface area contributed by atoms with Crippen molar-refractivity contribution in [3.8, 4) is 0 Å². The summed E-state index contributed by atoms with van der Waals surface area (Å²) < 4.78 is 1.75. The Labute approximate surface area is 98.6 Å². The van der Waals surface area contributed by atoms with Crippen LogP contribution in [0.2, 0.25) is 0 Å². The predicted octanol–water partition coefficient (Wildman–Crippen LogP) is -0.872. The topological polar surface area (TPSA) is 88.9 Å². The molecule has 2 N–H and O–H groups in total.